The Hall–Kier alpha value is -9.18. The molecule has 0 amide bonds. The van der Waals surface area contributed by atoms with Crippen molar-refractivity contribution in [2.75, 3.05) is 4.90 Å². The number of benzene rings is 11. The zero-order valence-electron chi connectivity index (χ0n) is 38.1. The second-order valence-corrected chi connectivity index (χ2v) is 18.3. The summed E-state index contributed by atoms with van der Waals surface area (Å²) in [5, 5.41) is 4.08. The minimum atomic E-state index is -0.584. The van der Waals surface area contributed by atoms with Crippen molar-refractivity contribution in [1.29, 1.82) is 0 Å². The molecule has 1 aliphatic rings. The molecule has 14 rings (SSSR count). The molecule has 70 heavy (non-hydrogen) atoms. The first-order chi connectivity index (χ1) is 34.7. The van der Waals surface area contributed by atoms with Gasteiger partial charge in [-0.2, -0.15) is 0 Å². The molecule has 0 atom stereocenters. The summed E-state index contributed by atoms with van der Waals surface area (Å²) in [7, 11) is 0. The zero-order valence-corrected chi connectivity index (χ0v) is 38.1. The van der Waals surface area contributed by atoms with Gasteiger partial charge in [0.25, 0.3) is 0 Å². The number of fused-ring (bicyclic) bond motifs is 9. The standard InChI is InChI=1S/C67H43NO2/c1-5-21-44(22-6-1)46-25-19-26-47(41-46)63-65-54-33-15-18-37-60(54)69-62(65)43-55-64-59(36-20-38-61(64)70-66(55)63)68(58-35-17-14-31-51(58)45-23-7-2-8-24-45)50-39-40-53-52-32-13-16-34-56(52)67(57(53)42-50,48-27-9-3-10-28-48)49-29-11-4-12-30-49/h1-43H. The average molecular weight is 894 g/mol. The van der Waals surface area contributed by atoms with Gasteiger partial charge in [-0.3, -0.25) is 0 Å². The largest absolute Gasteiger partial charge is 0.456 e. The molecule has 13 aromatic rings. The molecule has 0 spiro atoms. The Morgan fingerprint density at radius 3 is 1.66 bits per heavy atom. The lowest BCUT2D eigenvalue weighted by atomic mass is 9.67. The monoisotopic (exact) mass is 893 g/mol. The van der Waals surface area contributed by atoms with Gasteiger partial charge in [0.15, 0.2) is 0 Å². The summed E-state index contributed by atoms with van der Waals surface area (Å²) in [6.45, 7) is 0. The minimum absolute atomic E-state index is 0.584. The molecule has 3 nitrogen and oxygen atoms in total. The lowest BCUT2D eigenvalue weighted by molar-refractivity contribution is 0.664. The minimum Gasteiger partial charge on any atom is -0.456 e. The topological polar surface area (TPSA) is 29.5 Å². The van der Waals surface area contributed by atoms with Crippen molar-refractivity contribution in [2.24, 2.45) is 0 Å². The van der Waals surface area contributed by atoms with Crippen LogP contribution in [0.2, 0.25) is 0 Å². The van der Waals surface area contributed by atoms with Crippen molar-refractivity contribution < 1.29 is 8.83 Å². The number of furan rings is 2. The van der Waals surface area contributed by atoms with Crippen LogP contribution in [0.1, 0.15) is 22.3 Å². The van der Waals surface area contributed by atoms with E-state index in [-0.39, 0.29) is 0 Å². The zero-order chi connectivity index (χ0) is 46.2. The molecule has 0 saturated carbocycles. The van der Waals surface area contributed by atoms with Crippen molar-refractivity contribution in [3.05, 3.63) is 283 Å². The van der Waals surface area contributed by atoms with Crippen molar-refractivity contribution in [3.63, 3.8) is 0 Å². The molecule has 0 aliphatic heterocycles. The maximum Gasteiger partial charge on any atom is 0.144 e. The van der Waals surface area contributed by atoms with E-state index in [0.29, 0.717) is 0 Å². The van der Waals surface area contributed by atoms with Crippen LogP contribution in [0.25, 0.3) is 88.4 Å². The third-order valence-corrected chi connectivity index (χ3v) is 14.5. The van der Waals surface area contributed by atoms with Crippen LogP contribution in [0.4, 0.5) is 17.1 Å². The number of nitrogens with zero attached hydrogens (tertiary/aromatic N) is 1. The van der Waals surface area contributed by atoms with Crippen molar-refractivity contribution in [3.8, 4) is 44.5 Å². The van der Waals surface area contributed by atoms with Gasteiger partial charge >= 0.3 is 0 Å². The fourth-order valence-electron chi connectivity index (χ4n) is 11.6. The van der Waals surface area contributed by atoms with E-state index >= 15 is 0 Å². The normalized spacial score (nSPS) is 12.7. The van der Waals surface area contributed by atoms with Crippen LogP contribution >= 0.6 is 0 Å². The predicted octanol–water partition coefficient (Wildman–Crippen LogP) is 18.3. The van der Waals surface area contributed by atoms with Gasteiger partial charge in [-0.05, 0) is 104 Å². The molecule has 328 valence electrons. The number of hydrogen-bond donors (Lipinski definition) is 0. The molecule has 0 unspecified atom stereocenters. The van der Waals surface area contributed by atoms with Gasteiger partial charge in [-0.15, -0.1) is 0 Å². The smallest absolute Gasteiger partial charge is 0.144 e. The van der Waals surface area contributed by atoms with E-state index in [1.54, 1.807) is 0 Å². The number of rotatable bonds is 8. The van der Waals surface area contributed by atoms with Gasteiger partial charge in [0, 0.05) is 33.0 Å². The molecule has 0 bridgehead atoms. The number of anilines is 3. The summed E-state index contributed by atoms with van der Waals surface area (Å²) in [6.07, 6.45) is 0. The SMILES string of the molecule is c1ccc(-c2cccc(-c3c4oc5cccc(N(c6ccc7c(c6)C(c6ccccc6)(c6ccccc6)c6ccccc6-7)c6ccccc6-c6ccccc6)c5c4cc4oc5ccccc5c34)c2)cc1. The Morgan fingerprint density at radius 2 is 0.886 bits per heavy atom. The highest BCUT2D eigenvalue weighted by Crippen LogP contribution is 2.58. The van der Waals surface area contributed by atoms with Gasteiger partial charge in [0.1, 0.15) is 22.3 Å². The lowest BCUT2D eigenvalue weighted by Crippen LogP contribution is -2.28. The molecular formula is C67H43NO2. The van der Waals surface area contributed by atoms with Crippen molar-refractivity contribution >= 4 is 60.9 Å². The summed E-state index contributed by atoms with van der Waals surface area (Å²) >= 11 is 0. The Kier molecular flexibility index (Phi) is 9.11. The number of para-hydroxylation sites is 2. The van der Waals surface area contributed by atoms with E-state index in [4.69, 9.17) is 8.83 Å². The quantitative estimate of drug-likeness (QED) is 0.152. The summed E-state index contributed by atoms with van der Waals surface area (Å²) < 4.78 is 14.1. The first-order valence-corrected chi connectivity index (χ1v) is 24.0. The van der Waals surface area contributed by atoms with Crippen LogP contribution in [0.15, 0.2) is 270 Å². The van der Waals surface area contributed by atoms with Gasteiger partial charge in [-0.25, -0.2) is 0 Å². The highest BCUT2D eigenvalue weighted by atomic mass is 16.3. The molecule has 0 fully saturated rings. The third-order valence-electron chi connectivity index (χ3n) is 14.5. The fourth-order valence-corrected chi connectivity index (χ4v) is 11.6. The Bertz CT molecular complexity index is 4070. The Morgan fingerprint density at radius 1 is 0.314 bits per heavy atom. The molecule has 0 radical (unpaired) electrons. The van der Waals surface area contributed by atoms with E-state index in [9.17, 15) is 0 Å². The third kappa shape index (κ3) is 6.01. The van der Waals surface area contributed by atoms with Crippen LogP contribution in [0.5, 0.6) is 0 Å². The summed E-state index contributed by atoms with van der Waals surface area (Å²) in [5.41, 5.74) is 19.8. The maximum absolute atomic E-state index is 7.28. The van der Waals surface area contributed by atoms with Gasteiger partial charge < -0.3 is 13.7 Å². The van der Waals surface area contributed by atoms with Crippen molar-refractivity contribution in [2.45, 2.75) is 5.41 Å². The molecule has 2 aromatic heterocycles. The predicted molar refractivity (Wildman–Crippen MR) is 289 cm³/mol. The van der Waals surface area contributed by atoms with Gasteiger partial charge in [0.05, 0.1) is 22.2 Å². The highest BCUT2D eigenvalue weighted by molar-refractivity contribution is 6.25. The second-order valence-electron chi connectivity index (χ2n) is 18.3. The molecule has 3 heteroatoms. The lowest BCUT2D eigenvalue weighted by Gasteiger charge is -2.35. The molecule has 2 heterocycles. The molecule has 0 N–H and O–H groups in total. The van der Waals surface area contributed by atoms with Crippen LogP contribution in [0, 0.1) is 0 Å². The van der Waals surface area contributed by atoms with E-state index in [0.717, 1.165) is 94.3 Å². The molecule has 1 aliphatic carbocycles. The Balaban J connectivity index is 1.08. The van der Waals surface area contributed by atoms with Crippen LogP contribution in [0.3, 0.4) is 0 Å². The first kappa shape index (κ1) is 39.9. The first-order valence-electron chi connectivity index (χ1n) is 24.0. The van der Waals surface area contributed by atoms with Crippen LogP contribution in [-0.4, -0.2) is 0 Å². The summed E-state index contributed by atoms with van der Waals surface area (Å²) in [5.74, 6) is 0. The van der Waals surface area contributed by atoms with Crippen LogP contribution < -0.4 is 4.90 Å². The average Bonchev–Trinajstić information content (AvgIpc) is 4.10. The fraction of sp³-hybridized carbons (Fsp3) is 0.0149. The molecular weight excluding hydrogens is 851 g/mol. The Labute approximate surface area is 405 Å². The van der Waals surface area contributed by atoms with E-state index < -0.39 is 5.41 Å². The summed E-state index contributed by atoms with van der Waals surface area (Å²) in [6, 6.07) is 94.1. The van der Waals surface area contributed by atoms with Gasteiger partial charge in [0.2, 0.25) is 0 Å². The molecule has 0 saturated heterocycles. The molecule has 11 aromatic carbocycles. The van der Waals surface area contributed by atoms with Crippen molar-refractivity contribution in [1.82, 2.24) is 0 Å². The second kappa shape index (κ2) is 16.0. The maximum atomic E-state index is 7.28. The number of hydrogen-bond acceptors (Lipinski definition) is 3. The van der Waals surface area contributed by atoms with E-state index in [1.807, 2.05) is 6.07 Å². The van der Waals surface area contributed by atoms with Gasteiger partial charge in [-0.1, -0.05) is 212 Å². The van der Waals surface area contributed by atoms with Crippen LogP contribution in [-0.2, 0) is 5.41 Å². The highest BCUT2D eigenvalue weighted by Gasteiger charge is 2.46. The van der Waals surface area contributed by atoms with E-state index in [1.165, 1.54) is 33.4 Å². The summed E-state index contributed by atoms with van der Waals surface area (Å²) in [4.78, 5) is 2.46. The van der Waals surface area contributed by atoms with E-state index in [2.05, 4.69) is 260 Å².